The lowest BCUT2D eigenvalue weighted by Gasteiger charge is -2.30. The molecule has 1 aliphatic heterocycles. The van der Waals surface area contributed by atoms with Crippen molar-refractivity contribution in [2.24, 2.45) is 0 Å². The fourth-order valence-corrected chi connectivity index (χ4v) is 2.75. The maximum atomic E-state index is 13.6. The third-order valence-electron chi connectivity index (χ3n) is 3.83. The molecule has 1 aromatic carbocycles. The van der Waals surface area contributed by atoms with Crippen molar-refractivity contribution >= 4 is 17.5 Å². The van der Waals surface area contributed by atoms with E-state index in [-0.39, 0.29) is 23.7 Å². The van der Waals surface area contributed by atoms with Crippen LogP contribution in [0, 0.1) is 0 Å². The number of alkyl halides is 3. The molecular weight excluding hydrogens is 373 g/mol. The zero-order valence-electron chi connectivity index (χ0n) is 13.6. The first-order chi connectivity index (χ1) is 12.3. The number of pyridine rings is 1. The number of hydrogen-bond acceptors (Lipinski definition) is 4. The molecule has 5 nitrogen and oxygen atoms in total. The molecule has 0 bridgehead atoms. The maximum absolute atomic E-state index is 13.6. The van der Waals surface area contributed by atoms with Crippen LogP contribution in [-0.4, -0.2) is 42.2 Å². The zero-order valence-corrected chi connectivity index (χ0v) is 14.3. The van der Waals surface area contributed by atoms with Crippen LogP contribution >= 0.6 is 11.6 Å². The molecular formula is C17H14ClF3N2O3. The minimum Gasteiger partial charge on any atom is -0.484 e. The smallest absolute Gasteiger partial charge is 0.413 e. The highest BCUT2D eigenvalue weighted by Gasteiger charge is 2.45. The monoisotopic (exact) mass is 386 g/mol. The summed E-state index contributed by atoms with van der Waals surface area (Å²) >= 11 is 5.74. The second kappa shape index (κ2) is 7.03. The van der Waals surface area contributed by atoms with E-state index in [1.165, 1.54) is 36.4 Å². The van der Waals surface area contributed by atoms with Crippen molar-refractivity contribution in [2.45, 2.75) is 12.2 Å². The molecule has 26 heavy (non-hydrogen) atoms. The summed E-state index contributed by atoms with van der Waals surface area (Å²) in [5.74, 6) is -0.453. The number of carbonyl (C=O) groups excluding carboxylic acids is 1. The Hall–Kier alpha value is -2.48. The van der Waals surface area contributed by atoms with E-state index in [1.54, 1.807) is 0 Å². The Kier molecular flexibility index (Phi) is 4.95. The second-order valence-corrected chi connectivity index (χ2v) is 6.04. The van der Waals surface area contributed by atoms with Crippen molar-refractivity contribution < 1.29 is 27.4 Å². The average molecular weight is 387 g/mol. The molecule has 1 atom stereocenters. The van der Waals surface area contributed by atoms with Crippen molar-refractivity contribution in [3.63, 3.8) is 0 Å². The molecule has 0 saturated heterocycles. The van der Waals surface area contributed by atoms with Gasteiger partial charge in [-0.25, -0.2) is 4.98 Å². The number of nitrogens with zero attached hydrogens (tertiary/aromatic N) is 2. The largest absolute Gasteiger partial charge is 0.484 e. The lowest BCUT2D eigenvalue weighted by Crippen LogP contribution is -2.40. The lowest BCUT2D eigenvalue weighted by atomic mass is 10.0. The minimum absolute atomic E-state index is 0.0885. The van der Waals surface area contributed by atoms with Crippen LogP contribution in [0.3, 0.4) is 0 Å². The van der Waals surface area contributed by atoms with Crippen molar-refractivity contribution in [1.29, 1.82) is 0 Å². The van der Waals surface area contributed by atoms with E-state index >= 15 is 0 Å². The van der Waals surface area contributed by atoms with Crippen LogP contribution in [-0.2, 0) is 0 Å². The highest BCUT2D eigenvalue weighted by atomic mass is 35.5. The van der Waals surface area contributed by atoms with E-state index in [0.717, 1.165) is 7.05 Å². The number of carbonyl (C=O) groups is 1. The first-order valence-electron chi connectivity index (χ1n) is 7.63. The molecule has 0 aliphatic carbocycles. The summed E-state index contributed by atoms with van der Waals surface area (Å²) in [5, 5.41) is 0.303. The third-order valence-corrected chi connectivity index (χ3v) is 4.08. The summed E-state index contributed by atoms with van der Waals surface area (Å²) < 4.78 is 51.4. The van der Waals surface area contributed by atoms with Gasteiger partial charge in [-0.3, -0.25) is 4.79 Å². The summed E-state index contributed by atoms with van der Waals surface area (Å²) in [6.45, 7) is 0.595. The minimum atomic E-state index is -4.67. The Balaban J connectivity index is 1.92. The van der Waals surface area contributed by atoms with Gasteiger partial charge in [0.2, 0.25) is 0 Å². The number of halogens is 4. The number of fused-ring (bicyclic) bond motifs is 1. The lowest BCUT2D eigenvalue weighted by molar-refractivity contribution is -0.176. The molecule has 0 N–H and O–H groups in total. The number of amides is 1. The average Bonchev–Trinajstić information content (AvgIpc) is 2.61. The topological polar surface area (TPSA) is 51.7 Å². The molecule has 2 heterocycles. The van der Waals surface area contributed by atoms with E-state index in [4.69, 9.17) is 21.1 Å². The Labute approximate surface area is 152 Å². The summed E-state index contributed by atoms with van der Waals surface area (Å²) in [4.78, 5) is 17.2. The van der Waals surface area contributed by atoms with Gasteiger partial charge in [0, 0.05) is 12.1 Å². The van der Waals surface area contributed by atoms with Gasteiger partial charge < -0.3 is 14.4 Å². The summed E-state index contributed by atoms with van der Waals surface area (Å²) in [6.07, 6.45) is -4.67. The predicted octanol–water partition coefficient (Wildman–Crippen LogP) is 3.88. The summed E-state index contributed by atoms with van der Waals surface area (Å²) in [6, 6.07) is 5.78. The van der Waals surface area contributed by atoms with E-state index in [2.05, 4.69) is 4.98 Å². The van der Waals surface area contributed by atoms with Gasteiger partial charge in [0.05, 0.1) is 0 Å². The summed E-state index contributed by atoms with van der Waals surface area (Å²) in [5.41, 5.74) is -0.268. The molecule has 3 rings (SSSR count). The van der Waals surface area contributed by atoms with Crippen molar-refractivity contribution in [2.75, 3.05) is 20.3 Å². The number of rotatable bonds is 3. The molecule has 2 aromatic rings. The molecule has 0 fully saturated rings. The van der Waals surface area contributed by atoms with Gasteiger partial charge in [-0.05, 0) is 29.8 Å². The third kappa shape index (κ3) is 3.70. The van der Waals surface area contributed by atoms with Crippen LogP contribution in [0.2, 0.25) is 5.02 Å². The van der Waals surface area contributed by atoms with Gasteiger partial charge in [0.25, 0.3) is 11.8 Å². The molecule has 0 spiro atoms. The molecule has 1 aliphatic rings. The fraction of sp³-hybridized carbons (Fsp3) is 0.294. The van der Waals surface area contributed by atoms with Crippen LogP contribution in [0.5, 0.6) is 11.6 Å². The van der Waals surface area contributed by atoms with Crippen LogP contribution in [0.15, 0.2) is 36.4 Å². The Bertz CT molecular complexity index is 812. The van der Waals surface area contributed by atoms with Gasteiger partial charge in [-0.15, -0.1) is 0 Å². The quantitative estimate of drug-likeness (QED) is 0.803. The highest BCUT2D eigenvalue weighted by molar-refractivity contribution is 6.30. The van der Waals surface area contributed by atoms with Crippen LogP contribution in [0.25, 0.3) is 0 Å². The Morgan fingerprint density at radius 3 is 2.46 bits per heavy atom. The van der Waals surface area contributed by atoms with Crippen molar-refractivity contribution in [1.82, 2.24) is 9.88 Å². The first kappa shape index (κ1) is 18.3. The normalized spacial score (nSPS) is 14.7. The molecule has 138 valence electrons. The first-order valence-corrected chi connectivity index (χ1v) is 8.01. The molecule has 1 aromatic heterocycles. The van der Waals surface area contributed by atoms with Gasteiger partial charge >= 0.3 is 6.18 Å². The van der Waals surface area contributed by atoms with Crippen molar-refractivity contribution in [3.8, 4) is 11.6 Å². The van der Waals surface area contributed by atoms with Crippen LogP contribution in [0.1, 0.15) is 22.1 Å². The van der Waals surface area contributed by atoms with E-state index in [1.807, 2.05) is 0 Å². The van der Waals surface area contributed by atoms with Crippen LogP contribution in [0.4, 0.5) is 13.2 Å². The molecule has 1 unspecified atom stereocenters. The number of aromatic nitrogens is 1. The predicted molar refractivity (Wildman–Crippen MR) is 87.6 cm³/mol. The standard InChI is InChI=1S/C17H14ClF3N2O3/c1-23(14(17(19,20)21)10-2-4-11(18)5-3-10)16(24)12-6-7-13-15(22-12)26-9-8-25-13/h2-7,14H,8-9H2,1H3. The van der Waals surface area contributed by atoms with Crippen molar-refractivity contribution in [3.05, 3.63) is 52.7 Å². The van der Waals surface area contributed by atoms with Gasteiger partial charge in [0.15, 0.2) is 11.8 Å². The second-order valence-electron chi connectivity index (χ2n) is 5.61. The van der Waals surface area contributed by atoms with E-state index < -0.39 is 18.1 Å². The number of ether oxygens (including phenoxy) is 2. The Morgan fingerprint density at radius 2 is 1.81 bits per heavy atom. The molecule has 0 radical (unpaired) electrons. The molecule has 9 heteroatoms. The number of hydrogen-bond donors (Lipinski definition) is 0. The zero-order chi connectivity index (χ0) is 18.9. The van der Waals surface area contributed by atoms with Gasteiger partial charge in [-0.1, -0.05) is 23.7 Å². The fourth-order valence-electron chi connectivity index (χ4n) is 2.63. The van der Waals surface area contributed by atoms with E-state index in [9.17, 15) is 18.0 Å². The maximum Gasteiger partial charge on any atom is 0.413 e. The summed E-state index contributed by atoms with van der Waals surface area (Å²) in [7, 11) is 1.08. The molecule has 1 amide bonds. The Morgan fingerprint density at radius 1 is 1.15 bits per heavy atom. The van der Waals surface area contributed by atoms with Crippen LogP contribution < -0.4 is 9.47 Å². The SMILES string of the molecule is CN(C(=O)c1ccc2c(n1)OCCO2)C(c1ccc(Cl)cc1)C(F)(F)F. The highest BCUT2D eigenvalue weighted by Crippen LogP contribution is 2.38. The van der Waals surface area contributed by atoms with Gasteiger partial charge in [0.1, 0.15) is 18.9 Å². The van der Waals surface area contributed by atoms with E-state index in [0.29, 0.717) is 22.3 Å². The molecule has 0 saturated carbocycles. The number of benzene rings is 1. The van der Waals surface area contributed by atoms with Gasteiger partial charge in [-0.2, -0.15) is 13.2 Å².